The summed E-state index contributed by atoms with van der Waals surface area (Å²) in [6.45, 7) is 6.23. The number of hydrogen-bond donors (Lipinski definition) is 1. The van der Waals surface area contributed by atoms with Crippen molar-refractivity contribution < 1.29 is 9.53 Å². The second kappa shape index (κ2) is 7.18. The molecule has 1 fully saturated rings. The molecule has 1 heterocycles. The van der Waals surface area contributed by atoms with E-state index in [0.717, 1.165) is 37.2 Å². The van der Waals surface area contributed by atoms with Crippen LogP contribution in [0.3, 0.4) is 0 Å². The summed E-state index contributed by atoms with van der Waals surface area (Å²) in [5, 5.41) is 3.16. The molecule has 3 heteroatoms. The van der Waals surface area contributed by atoms with Crippen molar-refractivity contribution in [2.45, 2.75) is 32.1 Å². The van der Waals surface area contributed by atoms with Crippen LogP contribution in [0.1, 0.15) is 39.9 Å². The van der Waals surface area contributed by atoms with Crippen LogP contribution < -0.4 is 5.32 Å². The first-order valence-electron chi connectivity index (χ1n) is 8.59. The summed E-state index contributed by atoms with van der Waals surface area (Å²) in [6, 6.07) is 16.4. The van der Waals surface area contributed by atoms with Crippen LogP contribution in [0.25, 0.3) is 0 Å². The second-order valence-electron chi connectivity index (χ2n) is 6.74. The molecule has 2 aromatic rings. The summed E-state index contributed by atoms with van der Waals surface area (Å²) >= 11 is 0. The van der Waals surface area contributed by atoms with Gasteiger partial charge in [0.05, 0.1) is 0 Å². The van der Waals surface area contributed by atoms with Crippen LogP contribution in [-0.4, -0.2) is 25.7 Å². The fourth-order valence-corrected chi connectivity index (χ4v) is 3.36. The Morgan fingerprint density at radius 3 is 2.42 bits per heavy atom. The monoisotopic (exact) mass is 323 g/mol. The summed E-state index contributed by atoms with van der Waals surface area (Å²) in [4.78, 5) is 12.6. The normalized spacial score (nSPS) is 16.6. The third kappa shape index (κ3) is 3.51. The maximum absolute atomic E-state index is 12.6. The van der Waals surface area contributed by atoms with E-state index in [1.165, 1.54) is 11.1 Å². The van der Waals surface area contributed by atoms with Crippen molar-refractivity contribution in [1.29, 1.82) is 0 Å². The van der Waals surface area contributed by atoms with Crippen LogP contribution in [0, 0.1) is 13.8 Å². The molecule has 0 radical (unpaired) electrons. The van der Waals surface area contributed by atoms with Gasteiger partial charge in [0.1, 0.15) is 0 Å². The Hall–Kier alpha value is -2.13. The van der Waals surface area contributed by atoms with Crippen molar-refractivity contribution in [1.82, 2.24) is 5.32 Å². The van der Waals surface area contributed by atoms with E-state index in [9.17, 15) is 4.79 Å². The summed E-state index contributed by atoms with van der Waals surface area (Å²) in [7, 11) is 0. The van der Waals surface area contributed by atoms with Crippen LogP contribution in [0.5, 0.6) is 0 Å². The van der Waals surface area contributed by atoms with Crippen LogP contribution in [0.2, 0.25) is 0 Å². The van der Waals surface area contributed by atoms with Gasteiger partial charge in [-0.3, -0.25) is 4.79 Å². The van der Waals surface area contributed by atoms with Crippen LogP contribution in [0.15, 0.2) is 48.5 Å². The standard InChI is InChI=1S/C21H25NO2/c1-16-8-9-18(14-17(16)2)20(23)22-15-21(10-12-24-13-11-21)19-6-4-3-5-7-19/h3-9,14H,10-13,15H2,1-2H3,(H,22,23). The minimum absolute atomic E-state index is 0.0000945. The first-order chi connectivity index (χ1) is 11.6. The Labute approximate surface area is 144 Å². The molecule has 0 saturated carbocycles. The number of aryl methyl sites for hydroxylation is 2. The van der Waals surface area contributed by atoms with E-state index in [-0.39, 0.29) is 11.3 Å². The molecule has 0 aromatic heterocycles. The molecular formula is C21H25NO2. The van der Waals surface area contributed by atoms with Gasteiger partial charge in [-0.2, -0.15) is 0 Å². The Balaban J connectivity index is 1.76. The van der Waals surface area contributed by atoms with Crippen molar-refractivity contribution >= 4 is 5.91 Å². The lowest BCUT2D eigenvalue weighted by Crippen LogP contribution is -2.44. The Kier molecular flexibility index (Phi) is 5.00. The Morgan fingerprint density at radius 1 is 1.04 bits per heavy atom. The first kappa shape index (κ1) is 16.7. The van der Waals surface area contributed by atoms with Gasteiger partial charge >= 0.3 is 0 Å². The molecule has 0 unspecified atom stereocenters. The molecule has 0 atom stereocenters. The molecule has 1 amide bonds. The fraction of sp³-hybridized carbons (Fsp3) is 0.381. The zero-order valence-electron chi connectivity index (χ0n) is 14.5. The smallest absolute Gasteiger partial charge is 0.251 e. The maximum atomic E-state index is 12.6. The largest absolute Gasteiger partial charge is 0.381 e. The third-order valence-electron chi connectivity index (χ3n) is 5.19. The average molecular weight is 323 g/mol. The van der Waals surface area contributed by atoms with E-state index in [1.807, 2.05) is 31.2 Å². The number of benzene rings is 2. The summed E-state index contributed by atoms with van der Waals surface area (Å²) < 4.78 is 5.55. The second-order valence-corrected chi connectivity index (χ2v) is 6.74. The van der Waals surface area contributed by atoms with E-state index in [1.54, 1.807) is 0 Å². The molecular weight excluding hydrogens is 298 g/mol. The van der Waals surface area contributed by atoms with E-state index < -0.39 is 0 Å². The zero-order valence-corrected chi connectivity index (χ0v) is 14.5. The maximum Gasteiger partial charge on any atom is 0.251 e. The van der Waals surface area contributed by atoms with Crippen molar-refractivity contribution in [2.75, 3.05) is 19.8 Å². The SMILES string of the molecule is Cc1ccc(C(=O)NCC2(c3ccccc3)CCOCC2)cc1C. The molecule has 3 rings (SSSR count). The molecule has 1 aliphatic heterocycles. The van der Waals surface area contributed by atoms with Gasteiger partial charge in [-0.15, -0.1) is 0 Å². The highest BCUT2D eigenvalue weighted by Gasteiger charge is 2.34. The fourth-order valence-electron chi connectivity index (χ4n) is 3.36. The highest BCUT2D eigenvalue weighted by Crippen LogP contribution is 2.34. The van der Waals surface area contributed by atoms with E-state index in [0.29, 0.717) is 6.54 Å². The lowest BCUT2D eigenvalue weighted by Gasteiger charge is -2.38. The number of nitrogens with one attached hydrogen (secondary N) is 1. The molecule has 24 heavy (non-hydrogen) atoms. The lowest BCUT2D eigenvalue weighted by molar-refractivity contribution is 0.0487. The van der Waals surface area contributed by atoms with Gasteiger partial charge in [-0.1, -0.05) is 36.4 Å². The number of amides is 1. The minimum Gasteiger partial charge on any atom is -0.381 e. The number of rotatable bonds is 4. The highest BCUT2D eigenvalue weighted by molar-refractivity contribution is 5.94. The molecule has 126 valence electrons. The van der Waals surface area contributed by atoms with Crippen molar-refractivity contribution in [3.8, 4) is 0 Å². The Morgan fingerprint density at radius 2 is 1.75 bits per heavy atom. The first-order valence-corrected chi connectivity index (χ1v) is 8.59. The average Bonchev–Trinajstić information content (AvgIpc) is 2.63. The van der Waals surface area contributed by atoms with Gasteiger partial charge in [-0.05, 0) is 55.5 Å². The van der Waals surface area contributed by atoms with Gasteiger partial charge in [0.25, 0.3) is 5.91 Å². The molecule has 1 aliphatic rings. The van der Waals surface area contributed by atoms with Crippen molar-refractivity contribution in [3.63, 3.8) is 0 Å². The quantitative estimate of drug-likeness (QED) is 0.930. The van der Waals surface area contributed by atoms with Gasteiger partial charge in [0.2, 0.25) is 0 Å². The predicted molar refractivity (Wildman–Crippen MR) is 96.4 cm³/mol. The minimum atomic E-state index is -0.0328. The van der Waals surface area contributed by atoms with Crippen molar-refractivity contribution in [2.24, 2.45) is 0 Å². The number of hydrogen-bond acceptors (Lipinski definition) is 2. The summed E-state index contributed by atoms with van der Waals surface area (Å²) in [6.07, 6.45) is 1.87. The molecule has 0 aliphatic carbocycles. The van der Waals surface area contributed by atoms with E-state index in [4.69, 9.17) is 4.74 Å². The zero-order chi connectivity index (χ0) is 17.0. The van der Waals surface area contributed by atoms with Crippen molar-refractivity contribution in [3.05, 3.63) is 70.8 Å². The van der Waals surface area contributed by atoms with Crippen LogP contribution >= 0.6 is 0 Å². The number of ether oxygens (including phenoxy) is 1. The number of carbonyl (C=O) groups excluding carboxylic acids is 1. The molecule has 3 nitrogen and oxygen atoms in total. The topological polar surface area (TPSA) is 38.3 Å². The third-order valence-corrected chi connectivity index (χ3v) is 5.19. The molecule has 0 spiro atoms. The van der Waals surface area contributed by atoms with E-state index in [2.05, 4.69) is 36.5 Å². The van der Waals surface area contributed by atoms with Gasteiger partial charge in [-0.25, -0.2) is 0 Å². The Bertz CT molecular complexity index is 703. The van der Waals surface area contributed by atoms with Gasteiger partial charge in [0.15, 0.2) is 0 Å². The highest BCUT2D eigenvalue weighted by atomic mass is 16.5. The van der Waals surface area contributed by atoms with Crippen LogP contribution in [0.4, 0.5) is 0 Å². The van der Waals surface area contributed by atoms with Gasteiger partial charge < -0.3 is 10.1 Å². The molecule has 2 aromatic carbocycles. The predicted octanol–water partition coefficient (Wildman–Crippen LogP) is 3.78. The molecule has 1 N–H and O–H groups in total. The van der Waals surface area contributed by atoms with Gasteiger partial charge in [0, 0.05) is 30.7 Å². The van der Waals surface area contributed by atoms with Crippen LogP contribution in [-0.2, 0) is 10.2 Å². The summed E-state index contributed by atoms with van der Waals surface area (Å²) in [5.41, 5.74) is 4.33. The molecule has 1 saturated heterocycles. The number of carbonyl (C=O) groups is 1. The molecule has 0 bridgehead atoms. The lowest BCUT2D eigenvalue weighted by atomic mass is 9.74. The summed E-state index contributed by atoms with van der Waals surface area (Å²) in [5.74, 6) is -0.0000945. The van der Waals surface area contributed by atoms with E-state index >= 15 is 0 Å².